The van der Waals surface area contributed by atoms with E-state index >= 15 is 0 Å². The fraction of sp³-hybridized carbons (Fsp3) is 0.0526. The van der Waals surface area contributed by atoms with Gasteiger partial charge < -0.3 is 0 Å². The van der Waals surface area contributed by atoms with Crippen LogP contribution in [0.5, 0.6) is 0 Å². The molecule has 3 aromatic rings. The van der Waals surface area contributed by atoms with Crippen molar-refractivity contribution in [3.8, 4) is 34.3 Å². The van der Waals surface area contributed by atoms with Crippen molar-refractivity contribution in [3.05, 3.63) is 59.8 Å². The number of amides is 1. The van der Waals surface area contributed by atoms with E-state index in [9.17, 15) is 13.2 Å². The highest BCUT2D eigenvalue weighted by Crippen LogP contribution is 2.34. The monoisotopic (exact) mass is 430 g/mol. The van der Waals surface area contributed by atoms with E-state index in [1.165, 1.54) is 16.9 Å². The van der Waals surface area contributed by atoms with E-state index in [1.807, 2.05) is 0 Å². The van der Waals surface area contributed by atoms with Gasteiger partial charge in [0, 0.05) is 41.4 Å². The largest absolute Gasteiger partial charge is 0.323 e. The highest BCUT2D eigenvalue weighted by molar-refractivity contribution is 7.89. The number of primary sulfonamides is 1. The van der Waals surface area contributed by atoms with Gasteiger partial charge in [-0.05, 0) is 23.8 Å². The SMILES string of the molecule is CN(O)C(=O)C#Cn1cc(-c2ccc(Cl)cc2)c(-c2ccccc2S(N)(=O)=O)n1. The van der Waals surface area contributed by atoms with Gasteiger partial charge in [0.2, 0.25) is 10.0 Å². The predicted molar refractivity (Wildman–Crippen MR) is 107 cm³/mol. The van der Waals surface area contributed by atoms with Crippen molar-refractivity contribution in [3.63, 3.8) is 0 Å². The van der Waals surface area contributed by atoms with Crippen molar-refractivity contribution in [1.82, 2.24) is 14.8 Å². The molecule has 0 aliphatic carbocycles. The Kier molecular flexibility index (Phi) is 5.72. The summed E-state index contributed by atoms with van der Waals surface area (Å²) in [6, 6.07) is 15.5. The van der Waals surface area contributed by atoms with Crippen molar-refractivity contribution < 1.29 is 18.4 Å². The smallest absolute Gasteiger partial charge is 0.285 e. The Morgan fingerprint density at radius 2 is 1.83 bits per heavy atom. The molecule has 1 aromatic heterocycles. The van der Waals surface area contributed by atoms with Gasteiger partial charge in [-0.3, -0.25) is 10.0 Å². The molecule has 3 rings (SSSR count). The summed E-state index contributed by atoms with van der Waals surface area (Å²) in [5.41, 5.74) is 1.84. The van der Waals surface area contributed by atoms with Crippen molar-refractivity contribution in [2.24, 2.45) is 5.14 Å². The molecule has 1 amide bonds. The second-order valence-corrected chi connectivity index (χ2v) is 7.92. The molecule has 8 nitrogen and oxygen atoms in total. The van der Waals surface area contributed by atoms with Gasteiger partial charge in [0.05, 0.1) is 4.90 Å². The summed E-state index contributed by atoms with van der Waals surface area (Å²) < 4.78 is 25.2. The van der Waals surface area contributed by atoms with Crippen LogP contribution in [0, 0.1) is 12.0 Å². The van der Waals surface area contributed by atoms with E-state index < -0.39 is 15.9 Å². The first-order valence-electron chi connectivity index (χ1n) is 8.13. The minimum absolute atomic E-state index is 0.0976. The molecule has 2 aromatic carbocycles. The fourth-order valence-electron chi connectivity index (χ4n) is 2.57. The summed E-state index contributed by atoms with van der Waals surface area (Å²) in [7, 11) is -2.87. The number of rotatable bonds is 3. The van der Waals surface area contributed by atoms with E-state index in [4.69, 9.17) is 21.9 Å². The van der Waals surface area contributed by atoms with Gasteiger partial charge in [-0.25, -0.2) is 18.6 Å². The lowest BCUT2D eigenvalue weighted by Crippen LogP contribution is -2.20. The number of nitrogens with zero attached hydrogens (tertiary/aromatic N) is 3. The molecule has 1 heterocycles. The number of halogens is 1. The maximum absolute atomic E-state index is 12.0. The quantitative estimate of drug-likeness (QED) is 0.375. The lowest BCUT2D eigenvalue weighted by Gasteiger charge is -2.07. The Morgan fingerprint density at radius 3 is 2.45 bits per heavy atom. The van der Waals surface area contributed by atoms with Crippen LogP contribution in [0.4, 0.5) is 0 Å². The summed E-state index contributed by atoms with van der Waals surface area (Å²) in [6.45, 7) is 0. The molecule has 0 spiro atoms. The molecule has 0 atom stereocenters. The van der Waals surface area contributed by atoms with Crippen LogP contribution in [0.3, 0.4) is 0 Å². The Hall–Kier alpha value is -3.16. The first-order chi connectivity index (χ1) is 13.7. The van der Waals surface area contributed by atoms with Crippen LogP contribution < -0.4 is 5.14 Å². The highest BCUT2D eigenvalue weighted by atomic mass is 35.5. The van der Waals surface area contributed by atoms with Crippen molar-refractivity contribution in [1.29, 1.82) is 0 Å². The van der Waals surface area contributed by atoms with Crippen LogP contribution >= 0.6 is 11.6 Å². The number of aromatic nitrogens is 2. The molecular weight excluding hydrogens is 416 g/mol. The second kappa shape index (κ2) is 8.06. The molecule has 10 heteroatoms. The van der Waals surface area contributed by atoms with E-state index in [0.717, 1.165) is 7.05 Å². The number of nitrogens with two attached hydrogens (primary N) is 1. The molecule has 0 saturated heterocycles. The Labute approximate surface area is 172 Å². The van der Waals surface area contributed by atoms with Crippen LogP contribution in [-0.2, 0) is 14.8 Å². The van der Waals surface area contributed by atoms with Gasteiger partial charge >= 0.3 is 5.91 Å². The van der Waals surface area contributed by atoms with Crippen LogP contribution in [0.2, 0.25) is 5.02 Å². The Bertz CT molecular complexity index is 1240. The zero-order chi connectivity index (χ0) is 21.2. The minimum atomic E-state index is -4.02. The lowest BCUT2D eigenvalue weighted by molar-refractivity contribution is -0.152. The fourth-order valence-corrected chi connectivity index (χ4v) is 3.43. The van der Waals surface area contributed by atoms with Crippen molar-refractivity contribution in [2.75, 3.05) is 7.05 Å². The van der Waals surface area contributed by atoms with Gasteiger partial charge in [0.15, 0.2) is 0 Å². The molecule has 0 radical (unpaired) electrons. The van der Waals surface area contributed by atoms with Gasteiger partial charge in [-0.1, -0.05) is 41.9 Å². The molecule has 0 unspecified atom stereocenters. The third-order valence-electron chi connectivity index (χ3n) is 3.89. The number of carbonyl (C=O) groups excluding carboxylic acids is 1. The first kappa shape index (κ1) is 20.6. The summed E-state index contributed by atoms with van der Waals surface area (Å²) in [4.78, 5) is 11.4. The van der Waals surface area contributed by atoms with Gasteiger partial charge in [-0.15, -0.1) is 0 Å². The summed E-state index contributed by atoms with van der Waals surface area (Å²) >= 11 is 5.96. The standard InChI is InChI=1S/C19H15ClN4O4S/c1-23(26)18(25)10-11-24-12-16(13-6-8-14(20)9-7-13)19(22-24)15-4-2-3-5-17(15)29(21,27)28/h2-9,12,26H,1H3,(H2,21,27,28). The first-order valence-corrected chi connectivity index (χ1v) is 10.1. The predicted octanol–water partition coefficient (Wildman–Crippen LogP) is 2.17. The van der Waals surface area contributed by atoms with Gasteiger partial charge in [0.25, 0.3) is 0 Å². The number of hydrogen-bond acceptors (Lipinski definition) is 5. The summed E-state index contributed by atoms with van der Waals surface area (Å²) in [5, 5.41) is 19.7. The average Bonchev–Trinajstić information content (AvgIpc) is 3.10. The molecule has 148 valence electrons. The normalized spacial score (nSPS) is 10.9. The Morgan fingerprint density at radius 1 is 1.17 bits per heavy atom. The number of benzene rings is 2. The van der Waals surface area contributed by atoms with Crippen LogP contribution in [0.15, 0.2) is 59.6 Å². The number of hydrogen-bond donors (Lipinski definition) is 2. The molecule has 3 N–H and O–H groups in total. The van der Waals surface area contributed by atoms with E-state index in [0.29, 0.717) is 26.9 Å². The number of sulfonamides is 1. The van der Waals surface area contributed by atoms with Crippen molar-refractivity contribution >= 4 is 27.5 Å². The van der Waals surface area contributed by atoms with Crippen LogP contribution in [0.1, 0.15) is 0 Å². The topological polar surface area (TPSA) is 119 Å². The maximum Gasteiger partial charge on any atom is 0.323 e. The number of hydroxylamine groups is 2. The van der Waals surface area contributed by atoms with Gasteiger partial charge in [0.1, 0.15) is 5.69 Å². The molecule has 0 saturated carbocycles. The maximum atomic E-state index is 12.0. The molecule has 0 aliphatic heterocycles. The zero-order valence-electron chi connectivity index (χ0n) is 15.1. The third kappa shape index (κ3) is 4.64. The van der Waals surface area contributed by atoms with Crippen molar-refractivity contribution in [2.45, 2.75) is 4.90 Å². The number of carbonyl (C=O) groups is 1. The van der Waals surface area contributed by atoms with E-state index in [1.54, 1.807) is 42.5 Å². The van der Waals surface area contributed by atoms with Gasteiger partial charge in [-0.2, -0.15) is 9.78 Å². The van der Waals surface area contributed by atoms with E-state index in [-0.39, 0.29) is 10.5 Å². The van der Waals surface area contributed by atoms with E-state index in [2.05, 4.69) is 17.1 Å². The zero-order valence-corrected chi connectivity index (χ0v) is 16.6. The molecule has 0 fully saturated rings. The lowest BCUT2D eigenvalue weighted by atomic mass is 10.0. The summed E-state index contributed by atoms with van der Waals surface area (Å²) in [6.07, 6.45) is 1.54. The molecule has 0 bridgehead atoms. The van der Waals surface area contributed by atoms with Crippen LogP contribution in [-0.4, -0.2) is 41.4 Å². The molecule has 29 heavy (non-hydrogen) atoms. The Balaban J connectivity index is 2.23. The molecular formula is C19H15ClN4O4S. The molecule has 0 aliphatic rings. The second-order valence-electron chi connectivity index (χ2n) is 5.95. The minimum Gasteiger partial charge on any atom is -0.285 e. The summed E-state index contributed by atoms with van der Waals surface area (Å²) in [5.74, 6) is 1.39. The highest BCUT2D eigenvalue weighted by Gasteiger charge is 2.20. The van der Waals surface area contributed by atoms with Crippen LogP contribution in [0.25, 0.3) is 22.4 Å². The third-order valence-corrected chi connectivity index (χ3v) is 5.11. The average molecular weight is 431 g/mol.